The molecule has 0 aliphatic carbocycles. The maximum atomic E-state index is 13.4. The predicted octanol–water partition coefficient (Wildman–Crippen LogP) is 4.47. The third-order valence-electron chi connectivity index (χ3n) is 2.52. The molecule has 0 bridgehead atoms. The summed E-state index contributed by atoms with van der Waals surface area (Å²) in [7, 11) is 1.53. The summed E-state index contributed by atoms with van der Waals surface area (Å²) in [5, 5.41) is 3.47. The molecule has 0 heterocycles. The molecule has 0 aliphatic rings. The quantitative estimate of drug-likeness (QED) is 0.822. The van der Waals surface area contributed by atoms with Crippen molar-refractivity contribution in [1.82, 2.24) is 0 Å². The fraction of sp³-hybridized carbons (Fsp3) is 0.0769. The highest BCUT2D eigenvalue weighted by Gasteiger charge is 2.09. The lowest BCUT2D eigenvalue weighted by Crippen LogP contribution is -1.99. The van der Waals surface area contributed by atoms with Gasteiger partial charge >= 0.3 is 0 Å². The van der Waals surface area contributed by atoms with Crippen molar-refractivity contribution in [2.45, 2.75) is 0 Å². The van der Waals surface area contributed by atoms with E-state index in [1.165, 1.54) is 19.2 Å². The van der Waals surface area contributed by atoms with E-state index in [2.05, 4.69) is 5.32 Å². The average Bonchev–Trinajstić information content (AvgIpc) is 2.36. The van der Waals surface area contributed by atoms with Gasteiger partial charge in [0.25, 0.3) is 0 Å². The molecule has 0 radical (unpaired) electrons. The second-order valence-corrected chi connectivity index (χ2v) is 4.67. The Hall–Kier alpha value is -1.65. The van der Waals surface area contributed by atoms with Crippen LogP contribution in [0.2, 0.25) is 10.0 Å². The van der Waals surface area contributed by atoms with Crippen LogP contribution in [0.15, 0.2) is 30.3 Å². The Bertz CT molecular complexity index is 620. The van der Waals surface area contributed by atoms with Gasteiger partial charge in [0.05, 0.1) is 29.2 Å². The van der Waals surface area contributed by atoms with E-state index in [-0.39, 0.29) is 5.02 Å². The number of benzene rings is 2. The van der Waals surface area contributed by atoms with Gasteiger partial charge in [-0.05, 0) is 24.3 Å². The molecular formula is C13H11Cl2FN2O. The van der Waals surface area contributed by atoms with E-state index in [1.54, 1.807) is 18.2 Å². The van der Waals surface area contributed by atoms with Crippen LogP contribution in [0.4, 0.5) is 21.5 Å². The first-order valence-corrected chi connectivity index (χ1v) is 6.12. The molecule has 0 aliphatic heterocycles. The normalized spacial score (nSPS) is 10.3. The minimum atomic E-state index is -0.556. The molecule has 0 amide bonds. The van der Waals surface area contributed by atoms with Gasteiger partial charge in [-0.2, -0.15) is 0 Å². The summed E-state index contributed by atoms with van der Waals surface area (Å²) < 4.78 is 18.6. The zero-order valence-electron chi connectivity index (χ0n) is 10.0. The van der Waals surface area contributed by atoms with Gasteiger partial charge in [-0.25, -0.2) is 4.39 Å². The summed E-state index contributed by atoms with van der Waals surface area (Å²) in [5.41, 5.74) is 7.09. The molecule has 2 rings (SSSR count). The van der Waals surface area contributed by atoms with Crippen molar-refractivity contribution < 1.29 is 9.13 Å². The van der Waals surface area contributed by atoms with Gasteiger partial charge in [0.2, 0.25) is 0 Å². The molecule has 2 aromatic rings. The van der Waals surface area contributed by atoms with Crippen LogP contribution in [-0.2, 0) is 0 Å². The van der Waals surface area contributed by atoms with E-state index in [9.17, 15) is 4.39 Å². The highest BCUT2D eigenvalue weighted by molar-refractivity contribution is 6.31. The van der Waals surface area contributed by atoms with Gasteiger partial charge in [0, 0.05) is 11.1 Å². The zero-order valence-corrected chi connectivity index (χ0v) is 11.5. The van der Waals surface area contributed by atoms with Crippen molar-refractivity contribution >= 4 is 40.3 Å². The highest BCUT2D eigenvalue weighted by atomic mass is 35.5. The number of rotatable bonds is 3. The highest BCUT2D eigenvalue weighted by Crippen LogP contribution is 2.34. The summed E-state index contributed by atoms with van der Waals surface area (Å²) >= 11 is 11.6. The van der Waals surface area contributed by atoms with Gasteiger partial charge < -0.3 is 15.8 Å². The fourth-order valence-electron chi connectivity index (χ4n) is 1.59. The summed E-state index contributed by atoms with van der Waals surface area (Å²) in [5.74, 6) is 0.0125. The first-order valence-electron chi connectivity index (χ1n) is 5.36. The second kappa shape index (κ2) is 5.55. The van der Waals surface area contributed by atoms with Gasteiger partial charge in [-0.1, -0.05) is 23.2 Å². The average molecular weight is 301 g/mol. The Morgan fingerprint density at radius 2 is 1.89 bits per heavy atom. The SMILES string of the molecule is COc1ccc(Cl)cc1Nc1cc(F)c(Cl)cc1N. The van der Waals surface area contributed by atoms with Crippen molar-refractivity contribution in [1.29, 1.82) is 0 Å². The number of nitrogen functional groups attached to an aromatic ring is 1. The van der Waals surface area contributed by atoms with Gasteiger partial charge in [0.15, 0.2) is 0 Å². The molecule has 0 atom stereocenters. The topological polar surface area (TPSA) is 47.3 Å². The van der Waals surface area contributed by atoms with Crippen molar-refractivity contribution in [3.63, 3.8) is 0 Å². The molecular weight excluding hydrogens is 290 g/mol. The standard InChI is InChI=1S/C13H11Cl2FN2O/c1-19-13-3-2-7(14)4-12(13)18-11-6-9(16)8(15)5-10(11)17/h2-6,18H,17H2,1H3. The number of ether oxygens (including phenoxy) is 1. The lowest BCUT2D eigenvalue weighted by molar-refractivity contribution is 0.417. The lowest BCUT2D eigenvalue weighted by Gasteiger charge is -2.13. The molecule has 0 saturated heterocycles. The maximum Gasteiger partial charge on any atom is 0.144 e. The Labute approximate surface area is 120 Å². The molecule has 3 N–H and O–H groups in total. The smallest absolute Gasteiger partial charge is 0.144 e. The Morgan fingerprint density at radius 1 is 1.16 bits per heavy atom. The second-order valence-electron chi connectivity index (χ2n) is 3.82. The first kappa shape index (κ1) is 13.8. The summed E-state index contributed by atoms with van der Waals surface area (Å²) in [6.45, 7) is 0. The van der Waals surface area contributed by atoms with Crippen LogP contribution in [0.5, 0.6) is 5.75 Å². The van der Waals surface area contributed by atoms with Crippen LogP contribution in [0.25, 0.3) is 0 Å². The van der Waals surface area contributed by atoms with E-state index >= 15 is 0 Å². The number of hydrogen-bond acceptors (Lipinski definition) is 3. The van der Waals surface area contributed by atoms with E-state index in [0.29, 0.717) is 27.8 Å². The van der Waals surface area contributed by atoms with Crippen molar-refractivity contribution in [2.75, 3.05) is 18.2 Å². The van der Waals surface area contributed by atoms with Crippen LogP contribution in [-0.4, -0.2) is 7.11 Å². The number of methoxy groups -OCH3 is 1. The molecule has 0 spiro atoms. The molecule has 6 heteroatoms. The largest absolute Gasteiger partial charge is 0.495 e. The molecule has 0 saturated carbocycles. The molecule has 3 nitrogen and oxygen atoms in total. The molecule has 0 unspecified atom stereocenters. The van der Waals surface area contributed by atoms with Crippen molar-refractivity contribution in [3.05, 3.63) is 46.2 Å². The van der Waals surface area contributed by atoms with E-state index in [1.807, 2.05) is 0 Å². The molecule has 0 fully saturated rings. The Morgan fingerprint density at radius 3 is 2.58 bits per heavy atom. The van der Waals surface area contributed by atoms with Gasteiger partial charge in [0.1, 0.15) is 11.6 Å². The summed E-state index contributed by atoms with van der Waals surface area (Å²) in [6.07, 6.45) is 0. The number of nitrogens with one attached hydrogen (secondary N) is 1. The lowest BCUT2D eigenvalue weighted by atomic mass is 10.2. The van der Waals surface area contributed by atoms with Crippen molar-refractivity contribution in [3.8, 4) is 5.75 Å². The van der Waals surface area contributed by atoms with Crippen molar-refractivity contribution in [2.24, 2.45) is 0 Å². The minimum absolute atomic E-state index is 0.0268. The van der Waals surface area contributed by atoms with E-state index in [4.69, 9.17) is 33.7 Å². The summed E-state index contributed by atoms with van der Waals surface area (Å²) in [4.78, 5) is 0. The number of nitrogens with two attached hydrogens (primary N) is 1. The number of anilines is 3. The molecule has 2 aromatic carbocycles. The van der Waals surface area contributed by atoms with Crippen LogP contribution in [0.1, 0.15) is 0 Å². The molecule has 19 heavy (non-hydrogen) atoms. The van der Waals surface area contributed by atoms with Crippen LogP contribution in [0, 0.1) is 5.82 Å². The predicted molar refractivity (Wildman–Crippen MR) is 77.1 cm³/mol. The summed E-state index contributed by atoms with van der Waals surface area (Å²) in [6, 6.07) is 7.62. The zero-order chi connectivity index (χ0) is 14.0. The fourth-order valence-corrected chi connectivity index (χ4v) is 1.94. The third kappa shape index (κ3) is 3.03. The Kier molecular flexibility index (Phi) is 4.02. The Balaban J connectivity index is 2.41. The van der Waals surface area contributed by atoms with Gasteiger partial charge in [-0.15, -0.1) is 0 Å². The van der Waals surface area contributed by atoms with Crippen LogP contribution < -0.4 is 15.8 Å². The number of halogens is 3. The number of hydrogen-bond donors (Lipinski definition) is 2. The third-order valence-corrected chi connectivity index (χ3v) is 3.05. The minimum Gasteiger partial charge on any atom is -0.495 e. The monoisotopic (exact) mass is 300 g/mol. The van der Waals surface area contributed by atoms with Gasteiger partial charge in [-0.3, -0.25) is 0 Å². The van der Waals surface area contributed by atoms with E-state index < -0.39 is 5.82 Å². The maximum absolute atomic E-state index is 13.4. The first-order chi connectivity index (χ1) is 9.01. The molecule has 0 aromatic heterocycles. The van der Waals surface area contributed by atoms with Crippen LogP contribution in [0.3, 0.4) is 0 Å². The van der Waals surface area contributed by atoms with E-state index in [0.717, 1.165) is 0 Å². The molecule has 100 valence electrons. The van der Waals surface area contributed by atoms with Crippen LogP contribution >= 0.6 is 23.2 Å².